The van der Waals surface area contributed by atoms with Gasteiger partial charge in [-0.25, -0.2) is 4.79 Å². The van der Waals surface area contributed by atoms with Crippen molar-refractivity contribution in [1.29, 1.82) is 0 Å². The van der Waals surface area contributed by atoms with Gasteiger partial charge in [-0.15, -0.1) is 0 Å². The normalized spacial score (nSPS) is 12.2. The second-order valence-electron chi connectivity index (χ2n) is 10.5. The highest BCUT2D eigenvalue weighted by Gasteiger charge is 2.32. The molecule has 12 heteroatoms. The van der Waals surface area contributed by atoms with Crippen LogP contribution in [0.2, 0.25) is 5.02 Å². The second-order valence-corrected chi connectivity index (χ2v) is 12.4. The third kappa shape index (κ3) is 8.28. The molecule has 2 aromatic heterocycles. The first-order valence-electron chi connectivity index (χ1n) is 13.6. The fourth-order valence-corrected chi connectivity index (χ4v) is 4.93. The lowest BCUT2D eigenvalue weighted by Crippen LogP contribution is -2.42. The minimum Gasteiger partial charge on any atom is -0.330 e. The van der Waals surface area contributed by atoms with Crippen molar-refractivity contribution in [2.24, 2.45) is 11.7 Å². The molecular weight excluding hydrogens is 578 g/mol. The maximum Gasteiger partial charge on any atom is 0.349 e. The van der Waals surface area contributed by atoms with Crippen LogP contribution in [0.3, 0.4) is 0 Å². The fraction of sp³-hybridized carbons (Fsp3) is 0.367. The average molecular weight is 616 g/mol. The lowest BCUT2D eigenvalue weighted by molar-refractivity contribution is 0.0609. The third-order valence-electron chi connectivity index (χ3n) is 6.65. The van der Waals surface area contributed by atoms with E-state index in [1.807, 2.05) is 72.5 Å². The maximum absolute atomic E-state index is 13.9. The van der Waals surface area contributed by atoms with Crippen molar-refractivity contribution in [3.63, 3.8) is 0 Å². The molecule has 3 N–H and O–H groups in total. The lowest BCUT2D eigenvalue weighted by Gasteiger charge is -2.36. The maximum atomic E-state index is 13.9. The van der Waals surface area contributed by atoms with Gasteiger partial charge in [-0.05, 0) is 56.5 Å². The number of hydrogen-bond acceptors (Lipinski definition) is 6. The van der Waals surface area contributed by atoms with Gasteiger partial charge in [0.2, 0.25) is 0 Å². The number of rotatable bonds is 9. The number of aromatic nitrogens is 3. The number of hydrogen-bond donors (Lipinski definition) is 2. The van der Waals surface area contributed by atoms with E-state index in [0.717, 1.165) is 16.8 Å². The van der Waals surface area contributed by atoms with E-state index in [-0.39, 0.29) is 17.5 Å². The highest BCUT2D eigenvalue weighted by molar-refractivity contribution is 7.85. The first kappa shape index (κ1) is 33.0. The van der Waals surface area contributed by atoms with Crippen LogP contribution in [0.5, 0.6) is 0 Å². The molecule has 0 bridgehead atoms. The zero-order chi connectivity index (χ0) is 31.2. The number of amides is 1. The van der Waals surface area contributed by atoms with Crippen LogP contribution in [0.25, 0.3) is 5.52 Å². The molecule has 0 aliphatic carbocycles. The average Bonchev–Trinajstić information content (AvgIpc) is 3.21. The molecule has 10 nitrogen and oxygen atoms in total. The lowest BCUT2D eigenvalue weighted by atomic mass is 9.96. The van der Waals surface area contributed by atoms with Crippen LogP contribution in [0.1, 0.15) is 59.2 Å². The molecule has 0 radical (unpaired) electrons. The summed E-state index contributed by atoms with van der Waals surface area (Å²) in [6, 6.07) is 18.9. The molecule has 0 unspecified atom stereocenters. The number of halogens is 1. The van der Waals surface area contributed by atoms with Gasteiger partial charge in [-0.2, -0.15) is 18.0 Å². The van der Waals surface area contributed by atoms with Crippen molar-refractivity contribution in [2.45, 2.75) is 46.7 Å². The van der Waals surface area contributed by atoms with Crippen LogP contribution in [-0.2, 0) is 16.7 Å². The molecule has 0 aliphatic rings. The highest BCUT2D eigenvalue weighted by Crippen LogP contribution is 2.32. The predicted octanol–water partition coefficient (Wildman–Crippen LogP) is 4.51. The van der Waals surface area contributed by atoms with Gasteiger partial charge in [0.05, 0.1) is 35.1 Å². The fourth-order valence-electron chi connectivity index (χ4n) is 4.76. The Morgan fingerprint density at radius 1 is 1.10 bits per heavy atom. The Bertz CT molecular complexity index is 1680. The minimum absolute atomic E-state index is 0.00107. The Hall–Kier alpha value is -3.51. The molecule has 4 rings (SSSR count). The highest BCUT2D eigenvalue weighted by atomic mass is 35.5. The number of carbonyl (C=O) groups is 1. The van der Waals surface area contributed by atoms with Crippen LogP contribution >= 0.6 is 11.6 Å². The number of benzene rings is 2. The van der Waals surface area contributed by atoms with E-state index in [9.17, 15) is 18.0 Å². The minimum atomic E-state index is -3.67. The molecule has 0 aliphatic heterocycles. The smallest absolute Gasteiger partial charge is 0.330 e. The van der Waals surface area contributed by atoms with Gasteiger partial charge < -0.3 is 10.6 Å². The Balaban J connectivity index is 0.000000892. The van der Waals surface area contributed by atoms with Crippen molar-refractivity contribution in [3.8, 4) is 0 Å². The summed E-state index contributed by atoms with van der Waals surface area (Å²) in [6.07, 6.45) is 1.35. The van der Waals surface area contributed by atoms with Gasteiger partial charge in [-0.3, -0.25) is 13.9 Å². The summed E-state index contributed by atoms with van der Waals surface area (Å²) < 4.78 is 28.9. The molecule has 1 amide bonds. The SMILES string of the molecule is CS(=O)(=O)O.Cc1ccc(C(=O)N(CCCN)[C@@H](c2cc3c(Cl)c(C)nn3c(=O)n2Cc2ccccc2)C(C)C)cc1. The van der Waals surface area contributed by atoms with Crippen LogP contribution < -0.4 is 11.4 Å². The van der Waals surface area contributed by atoms with E-state index in [1.165, 1.54) is 4.52 Å². The quantitative estimate of drug-likeness (QED) is 0.264. The number of nitrogens with zero attached hydrogens (tertiary/aromatic N) is 4. The zero-order valence-electron chi connectivity index (χ0n) is 24.5. The van der Waals surface area contributed by atoms with Gasteiger partial charge in [0.25, 0.3) is 16.0 Å². The summed E-state index contributed by atoms with van der Waals surface area (Å²) in [4.78, 5) is 29.6. The summed E-state index contributed by atoms with van der Waals surface area (Å²) in [5.74, 6) is -0.0969. The van der Waals surface area contributed by atoms with Crippen LogP contribution in [0.4, 0.5) is 0 Å². The van der Waals surface area contributed by atoms with E-state index in [1.54, 1.807) is 11.5 Å². The van der Waals surface area contributed by atoms with E-state index in [4.69, 9.17) is 21.9 Å². The molecule has 4 aromatic rings. The van der Waals surface area contributed by atoms with Crippen molar-refractivity contribution >= 4 is 33.1 Å². The molecule has 0 saturated heterocycles. The van der Waals surface area contributed by atoms with Crippen LogP contribution in [-0.4, -0.2) is 57.3 Å². The van der Waals surface area contributed by atoms with Crippen LogP contribution in [0, 0.1) is 19.8 Å². The van der Waals surface area contributed by atoms with E-state index < -0.39 is 16.2 Å². The molecular formula is C30H38ClN5O5S. The van der Waals surface area contributed by atoms with Crippen molar-refractivity contribution in [3.05, 3.63) is 104 Å². The number of aryl methyl sites for hydroxylation is 2. The summed E-state index contributed by atoms with van der Waals surface area (Å²) in [5.41, 5.74) is 10.1. The largest absolute Gasteiger partial charge is 0.349 e. The summed E-state index contributed by atoms with van der Waals surface area (Å²) in [6.45, 7) is 9.15. The second kappa shape index (κ2) is 14.1. The summed E-state index contributed by atoms with van der Waals surface area (Å²) >= 11 is 6.59. The number of carbonyl (C=O) groups excluding carboxylic acids is 1. The van der Waals surface area contributed by atoms with Gasteiger partial charge in [0.1, 0.15) is 0 Å². The molecule has 2 aromatic carbocycles. The molecule has 0 saturated carbocycles. The summed E-state index contributed by atoms with van der Waals surface area (Å²) in [7, 11) is -3.67. The van der Waals surface area contributed by atoms with Gasteiger partial charge >= 0.3 is 5.69 Å². The monoisotopic (exact) mass is 615 g/mol. The molecule has 42 heavy (non-hydrogen) atoms. The van der Waals surface area contributed by atoms with E-state index >= 15 is 0 Å². The molecule has 0 spiro atoms. The van der Waals surface area contributed by atoms with Crippen LogP contribution in [0.15, 0.2) is 65.5 Å². The van der Waals surface area contributed by atoms with Gasteiger partial charge in [0.15, 0.2) is 0 Å². The number of nitrogens with two attached hydrogens (primary N) is 1. The van der Waals surface area contributed by atoms with Crippen molar-refractivity contribution in [1.82, 2.24) is 19.1 Å². The predicted molar refractivity (Wildman–Crippen MR) is 166 cm³/mol. The first-order chi connectivity index (χ1) is 19.7. The van der Waals surface area contributed by atoms with Gasteiger partial charge in [-0.1, -0.05) is 73.5 Å². The molecule has 0 fully saturated rings. The van der Waals surface area contributed by atoms with E-state index in [0.29, 0.717) is 54.1 Å². The number of fused-ring (bicyclic) bond motifs is 1. The molecule has 2 heterocycles. The Kier molecular flexibility index (Phi) is 11.1. The summed E-state index contributed by atoms with van der Waals surface area (Å²) in [5, 5.41) is 4.84. The molecule has 226 valence electrons. The Morgan fingerprint density at radius 3 is 2.24 bits per heavy atom. The van der Waals surface area contributed by atoms with Crippen molar-refractivity contribution < 1.29 is 17.8 Å². The third-order valence-corrected chi connectivity index (χ3v) is 7.11. The Morgan fingerprint density at radius 2 is 1.69 bits per heavy atom. The zero-order valence-corrected chi connectivity index (χ0v) is 26.1. The van der Waals surface area contributed by atoms with Gasteiger partial charge in [0, 0.05) is 17.8 Å². The molecule has 1 atom stereocenters. The van der Waals surface area contributed by atoms with E-state index in [2.05, 4.69) is 18.9 Å². The standard InChI is InChI=1S/C29H34ClN5O2.CH4O3S/c1-19(2)27(33(16-8-15-31)28(36)23-13-11-20(3)12-14-23)25-17-24-26(30)21(4)32-35(24)29(37)34(25)18-22-9-6-5-7-10-22;1-5(2,3)4/h5-7,9-14,17,19,27H,8,15-16,18,31H2,1-4H3;1H3,(H,2,3,4)/t27-;/m1./s1. The Labute approximate surface area is 251 Å². The topological polar surface area (TPSA) is 140 Å². The van der Waals surface area contributed by atoms with Crippen molar-refractivity contribution in [2.75, 3.05) is 19.3 Å². The first-order valence-corrected chi connectivity index (χ1v) is 15.8.